The molecule has 0 aliphatic heterocycles. The van der Waals surface area contributed by atoms with E-state index in [0.717, 1.165) is 31.4 Å². The fraction of sp³-hybridized carbons (Fsp3) is 0.571. The van der Waals surface area contributed by atoms with Crippen molar-refractivity contribution in [1.29, 1.82) is 0 Å². The van der Waals surface area contributed by atoms with E-state index in [1.165, 1.54) is 6.92 Å². The summed E-state index contributed by atoms with van der Waals surface area (Å²) in [6.07, 6.45) is 4.00. The van der Waals surface area contributed by atoms with Crippen LogP contribution in [0.15, 0.2) is 17.0 Å². The molecule has 21 heavy (non-hydrogen) atoms. The average molecular weight is 316 g/mol. The van der Waals surface area contributed by atoms with Gasteiger partial charge in [0.25, 0.3) is 0 Å². The monoisotopic (exact) mass is 316 g/mol. The van der Waals surface area contributed by atoms with Gasteiger partial charge in [0.05, 0.1) is 16.2 Å². The smallest absolute Gasteiger partial charge is 0.241 e. The van der Waals surface area contributed by atoms with Crippen LogP contribution in [0.3, 0.4) is 0 Å². The van der Waals surface area contributed by atoms with Crippen LogP contribution in [0.25, 0.3) is 0 Å². The molecule has 2 rings (SSSR count). The van der Waals surface area contributed by atoms with E-state index in [9.17, 15) is 17.9 Å². The minimum Gasteiger partial charge on any atom is -0.396 e. The number of sulfonamides is 1. The van der Waals surface area contributed by atoms with Crippen LogP contribution in [0.2, 0.25) is 0 Å². The number of nitrogen functional groups attached to an aromatic ring is 1. The standard InChI is InChI=1S/C14H21FN2O3S/c1-10-7-11(15)12(16)8-13(10)21(19,20)17-9-14(18)5-3-2-4-6-14/h7-8,17-18H,2-6,9,16H2,1H3. The second kappa shape index (κ2) is 5.90. The Labute approximate surface area is 124 Å². The molecule has 0 unspecified atom stereocenters. The van der Waals surface area contributed by atoms with Gasteiger partial charge in [-0.15, -0.1) is 0 Å². The molecule has 1 aliphatic carbocycles. The molecule has 118 valence electrons. The van der Waals surface area contributed by atoms with Gasteiger partial charge in [-0.3, -0.25) is 0 Å². The number of benzene rings is 1. The maximum absolute atomic E-state index is 13.3. The van der Waals surface area contributed by atoms with E-state index in [0.29, 0.717) is 12.8 Å². The number of hydrogen-bond donors (Lipinski definition) is 3. The lowest BCUT2D eigenvalue weighted by Gasteiger charge is -2.32. The summed E-state index contributed by atoms with van der Waals surface area (Å²) in [5.74, 6) is -0.641. The maximum atomic E-state index is 13.3. The van der Waals surface area contributed by atoms with E-state index in [1.807, 2.05) is 0 Å². The highest BCUT2D eigenvalue weighted by Crippen LogP contribution is 2.28. The number of nitrogens with one attached hydrogen (secondary N) is 1. The van der Waals surface area contributed by atoms with Crippen LogP contribution in [0.5, 0.6) is 0 Å². The highest BCUT2D eigenvalue weighted by atomic mass is 32.2. The third kappa shape index (κ3) is 3.72. The molecule has 1 saturated carbocycles. The summed E-state index contributed by atoms with van der Waals surface area (Å²) in [6.45, 7) is 1.47. The second-order valence-electron chi connectivity index (χ2n) is 5.75. The number of nitrogens with two attached hydrogens (primary N) is 1. The van der Waals surface area contributed by atoms with Gasteiger partial charge < -0.3 is 10.8 Å². The lowest BCUT2D eigenvalue weighted by atomic mass is 9.85. The van der Waals surface area contributed by atoms with Crippen LogP contribution in [-0.2, 0) is 10.0 Å². The molecular formula is C14H21FN2O3S. The molecule has 1 fully saturated rings. The molecule has 0 saturated heterocycles. The molecule has 1 aromatic carbocycles. The summed E-state index contributed by atoms with van der Waals surface area (Å²) in [7, 11) is -3.82. The molecule has 0 heterocycles. The molecule has 7 heteroatoms. The lowest BCUT2D eigenvalue weighted by Crippen LogP contribution is -2.44. The Balaban J connectivity index is 2.17. The lowest BCUT2D eigenvalue weighted by molar-refractivity contribution is 0.00945. The number of aliphatic hydroxyl groups is 1. The molecule has 0 amide bonds. The predicted octanol–water partition coefficient (Wildman–Crippen LogP) is 1.69. The third-order valence-electron chi connectivity index (χ3n) is 3.96. The van der Waals surface area contributed by atoms with E-state index >= 15 is 0 Å². The van der Waals surface area contributed by atoms with Gasteiger partial charge in [-0.2, -0.15) is 0 Å². The SMILES string of the molecule is Cc1cc(F)c(N)cc1S(=O)(=O)NCC1(O)CCCCC1. The molecule has 0 aromatic heterocycles. The second-order valence-corrected chi connectivity index (χ2v) is 7.48. The van der Waals surface area contributed by atoms with E-state index in [1.54, 1.807) is 0 Å². The van der Waals surface area contributed by atoms with Crippen LogP contribution in [-0.4, -0.2) is 25.7 Å². The summed E-state index contributed by atoms with van der Waals surface area (Å²) in [6, 6.07) is 2.21. The van der Waals surface area contributed by atoms with Crippen LogP contribution in [0, 0.1) is 12.7 Å². The normalized spacial score (nSPS) is 18.6. The summed E-state index contributed by atoms with van der Waals surface area (Å²) < 4.78 is 40.3. The van der Waals surface area contributed by atoms with E-state index in [-0.39, 0.29) is 22.7 Å². The van der Waals surface area contributed by atoms with Crippen molar-refractivity contribution in [2.24, 2.45) is 0 Å². The Morgan fingerprint density at radius 3 is 2.57 bits per heavy atom. The molecule has 0 radical (unpaired) electrons. The number of hydrogen-bond acceptors (Lipinski definition) is 4. The van der Waals surface area contributed by atoms with Crippen LogP contribution in [0.4, 0.5) is 10.1 Å². The Hall–Kier alpha value is -1.18. The summed E-state index contributed by atoms with van der Waals surface area (Å²) in [4.78, 5) is -0.0548. The van der Waals surface area contributed by atoms with E-state index in [2.05, 4.69) is 4.72 Å². The number of rotatable bonds is 4. The molecule has 4 N–H and O–H groups in total. The zero-order valence-electron chi connectivity index (χ0n) is 12.0. The summed E-state index contributed by atoms with van der Waals surface area (Å²) >= 11 is 0. The van der Waals surface area contributed by atoms with Crippen molar-refractivity contribution >= 4 is 15.7 Å². The minimum atomic E-state index is -3.82. The number of halogens is 1. The quantitative estimate of drug-likeness (QED) is 0.737. The zero-order chi connectivity index (χ0) is 15.7. The van der Waals surface area contributed by atoms with Crippen molar-refractivity contribution in [3.63, 3.8) is 0 Å². The first-order chi connectivity index (χ1) is 9.73. The third-order valence-corrected chi connectivity index (χ3v) is 5.50. The first-order valence-corrected chi connectivity index (χ1v) is 8.49. The van der Waals surface area contributed by atoms with Crippen LogP contribution >= 0.6 is 0 Å². The van der Waals surface area contributed by atoms with Crippen molar-refractivity contribution in [3.05, 3.63) is 23.5 Å². The Morgan fingerprint density at radius 2 is 1.95 bits per heavy atom. The van der Waals surface area contributed by atoms with Gasteiger partial charge in [-0.05, 0) is 37.5 Å². The van der Waals surface area contributed by atoms with Gasteiger partial charge in [-0.25, -0.2) is 17.5 Å². The Bertz CT molecular complexity index is 625. The van der Waals surface area contributed by atoms with Crippen molar-refractivity contribution in [3.8, 4) is 0 Å². The van der Waals surface area contributed by atoms with Gasteiger partial charge in [0.15, 0.2) is 0 Å². The highest BCUT2D eigenvalue weighted by Gasteiger charge is 2.31. The number of aryl methyl sites for hydroxylation is 1. The van der Waals surface area contributed by atoms with Gasteiger partial charge in [0.2, 0.25) is 10.0 Å². The topological polar surface area (TPSA) is 92.4 Å². The van der Waals surface area contributed by atoms with Gasteiger partial charge in [-0.1, -0.05) is 19.3 Å². The maximum Gasteiger partial charge on any atom is 0.241 e. The predicted molar refractivity (Wildman–Crippen MR) is 78.8 cm³/mol. The zero-order valence-corrected chi connectivity index (χ0v) is 12.8. The fourth-order valence-electron chi connectivity index (χ4n) is 2.65. The first-order valence-electron chi connectivity index (χ1n) is 7.01. The van der Waals surface area contributed by atoms with Gasteiger partial charge in [0, 0.05) is 6.54 Å². The first kappa shape index (κ1) is 16.2. The summed E-state index contributed by atoms with van der Waals surface area (Å²) in [5, 5.41) is 10.3. The van der Waals surface area contributed by atoms with Crippen molar-refractivity contribution in [2.45, 2.75) is 49.5 Å². The Morgan fingerprint density at radius 1 is 1.33 bits per heavy atom. The molecular weight excluding hydrogens is 295 g/mol. The number of anilines is 1. The molecule has 0 atom stereocenters. The van der Waals surface area contributed by atoms with Crippen LogP contribution < -0.4 is 10.5 Å². The average Bonchev–Trinajstić information content (AvgIpc) is 2.42. The minimum absolute atomic E-state index is 0.0357. The fourth-order valence-corrected chi connectivity index (χ4v) is 4.03. The van der Waals surface area contributed by atoms with Crippen molar-refractivity contribution < 1.29 is 17.9 Å². The molecule has 5 nitrogen and oxygen atoms in total. The summed E-state index contributed by atoms with van der Waals surface area (Å²) in [5.41, 5.74) is 4.51. The molecule has 0 bridgehead atoms. The molecule has 0 spiro atoms. The highest BCUT2D eigenvalue weighted by molar-refractivity contribution is 7.89. The largest absolute Gasteiger partial charge is 0.396 e. The van der Waals surface area contributed by atoms with Crippen molar-refractivity contribution in [2.75, 3.05) is 12.3 Å². The van der Waals surface area contributed by atoms with Crippen LogP contribution in [0.1, 0.15) is 37.7 Å². The Kier molecular flexibility index (Phi) is 4.55. The van der Waals surface area contributed by atoms with Gasteiger partial charge >= 0.3 is 0 Å². The molecule has 1 aromatic rings. The van der Waals surface area contributed by atoms with E-state index in [4.69, 9.17) is 5.73 Å². The van der Waals surface area contributed by atoms with Gasteiger partial charge in [0.1, 0.15) is 5.82 Å². The van der Waals surface area contributed by atoms with Crippen molar-refractivity contribution in [1.82, 2.24) is 4.72 Å². The van der Waals surface area contributed by atoms with E-state index < -0.39 is 21.4 Å². The molecule has 1 aliphatic rings.